The van der Waals surface area contributed by atoms with E-state index in [2.05, 4.69) is 5.32 Å². The monoisotopic (exact) mass is 327 g/mol. The van der Waals surface area contributed by atoms with E-state index in [0.717, 1.165) is 5.56 Å². The van der Waals surface area contributed by atoms with E-state index < -0.39 is 43.2 Å². The van der Waals surface area contributed by atoms with E-state index in [9.17, 15) is 20.1 Å². The van der Waals surface area contributed by atoms with Crippen LogP contribution in [0.3, 0.4) is 0 Å². The molecule has 0 bridgehead atoms. The van der Waals surface area contributed by atoms with E-state index in [0.29, 0.717) is 0 Å². The number of aliphatic hydroxyl groups is 4. The zero-order chi connectivity index (χ0) is 16.8. The van der Waals surface area contributed by atoms with Gasteiger partial charge in [-0.15, -0.1) is 0 Å². The number of carbonyl (C=O) groups is 1. The lowest BCUT2D eigenvalue weighted by atomic mass is 9.97. The molecule has 8 heteroatoms. The Kier molecular flexibility index (Phi) is 6.46. The van der Waals surface area contributed by atoms with Crippen LogP contribution in [-0.4, -0.2) is 70.2 Å². The molecule has 5 N–H and O–H groups in total. The molecule has 1 aliphatic heterocycles. The van der Waals surface area contributed by atoms with Gasteiger partial charge in [-0.1, -0.05) is 30.3 Å². The Balaban J connectivity index is 1.80. The molecule has 0 aliphatic carbocycles. The molecule has 1 aliphatic rings. The fourth-order valence-corrected chi connectivity index (χ4v) is 2.32. The van der Waals surface area contributed by atoms with Crippen LogP contribution >= 0.6 is 0 Å². The minimum absolute atomic E-state index is 0.246. The van der Waals surface area contributed by atoms with Crippen molar-refractivity contribution in [3.8, 4) is 0 Å². The lowest BCUT2D eigenvalue weighted by molar-refractivity contribution is -0.254. The maximum Gasteiger partial charge on any atom is 0.246 e. The van der Waals surface area contributed by atoms with E-state index in [1.54, 1.807) is 0 Å². The zero-order valence-corrected chi connectivity index (χ0v) is 12.4. The molecule has 0 radical (unpaired) electrons. The second-order valence-electron chi connectivity index (χ2n) is 5.30. The first-order chi connectivity index (χ1) is 11.0. The summed E-state index contributed by atoms with van der Waals surface area (Å²) in [6, 6.07) is 8.07. The lowest BCUT2D eigenvalue weighted by Gasteiger charge is -2.40. The zero-order valence-electron chi connectivity index (χ0n) is 12.4. The smallest absolute Gasteiger partial charge is 0.246 e. The van der Waals surface area contributed by atoms with Crippen LogP contribution in [0.4, 0.5) is 0 Å². The summed E-state index contributed by atoms with van der Waals surface area (Å²) < 4.78 is 10.2. The number of rotatable bonds is 6. The van der Waals surface area contributed by atoms with Gasteiger partial charge in [0, 0.05) is 0 Å². The van der Waals surface area contributed by atoms with Gasteiger partial charge in [0.15, 0.2) is 6.29 Å². The number of amides is 1. The standard InChI is InChI=1S/C15H21NO7/c17-6-10-13(19)14(20)12(15(21)23-10)16-11(18)8-22-7-9-4-2-1-3-5-9/h1-5,10,12-15,17,19-21H,6-8H2,(H,16,18)/t10?,12-,13+,14?,15?/m1/s1. The maximum atomic E-state index is 11.8. The van der Waals surface area contributed by atoms with Crippen LogP contribution in [0.2, 0.25) is 0 Å². The SMILES string of the molecule is O=C(COCc1ccccc1)N[C@H]1C(O)OC(CO)[C@H](O)C1O. The number of aliphatic hydroxyl groups excluding tert-OH is 4. The van der Waals surface area contributed by atoms with Crippen LogP contribution in [-0.2, 0) is 20.9 Å². The molecule has 1 aromatic carbocycles. The van der Waals surface area contributed by atoms with Crippen LogP contribution in [0.1, 0.15) is 5.56 Å². The quantitative estimate of drug-likeness (QED) is 0.413. The predicted octanol–water partition coefficient (Wildman–Crippen LogP) is -1.88. The minimum atomic E-state index is -1.54. The second kappa shape index (κ2) is 8.34. The van der Waals surface area contributed by atoms with Crippen LogP contribution in [0, 0.1) is 0 Å². The van der Waals surface area contributed by atoms with Crippen LogP contribution in [0.25, 0.3) is 0 Å². The number of nitrogens with one attached hydrogen (secondary N) is 1. The molecule has 5 atom stereocenters. The second-order valence-corrected chi connectivity index (χ2v) is 5.30. The predicted molar refractivity (Wildman–Crippen MR) is 78.0 cm³/mol. The first-order valence-corrected chi connectivity index (χ1v) is 7.24. The molecule has 1 fully saturated rings. The Morgan fingerprint density at radius 3 is 2.52 bits per heavy atom. The van der Waals surface area contributed by atoms with Gasteiger partial charge < -0.3 is 35.2 Å². The molecule has 23 heavy (non-hydrogen) atoms. The fourth-order valence-electron chi connectivity index (χ4n) is 2.32. The van der Waals surface area contributed by atoms with Crippen LogP contribution in [0.5, 0.6) is 0 Å². The molecular formula is C15H21NO7. The number of hydrogen-bond donors (Lipinski definition) is 5. The highest BCUT2D eigenvalue weighted by Gasteiger charge is 2.44. The Bertz CT molecular complexity index is 498. The number of hydrogen-bond acceptors (Lipinski definition) is 7. The summed E-state index contributed by atoms with van der Waals surface area (Å²) in [4.78, 5) is 11.8. The fraction of sp³-hybridized carbons (Fsp3) is 0.533. The van der Waals surface area contributed by atoms with Crippen molar-refractivity contribution in [2.75, 3.05) is 13.2 Å². The van der Waals surface area contributed by atoms with Gasteiger partial charge in [0.05, 0.1) is 13.2 Å². The van der Waals surface area contributed by atoms with Gasteiger partial charge >= 0.3 is 0 Å². The molecule has 0 spiro atoms. The van der Waals surface area contributed by atoms with Crippen LogP contribution in [0.15, 0.2) is 30.3 Å². The van der Waals surface area contributed by atoms with Crippen LogP contribution < -0.4 is 5.32 Å². The molecule has 1 aromatic rings. The summed E-state index contributed by atoms with van der Waals surface area (Å²) in [6.07, 6.45) is -5.53. The lowest BCUT2D eigenvalue weighted by Crippen LogP contribution is -2.64. The normalized spacial score (nSPS) is 30.9. The first-order valence-electron chi connectivity index (χ1n) is 7.24. The molecular weight excluding hydrogens is 306 g/mol. The van der Waals surface area contributed by atoms with E-state index in [1.807, 2.05) is 30.3 Å². The highest BCUT2D eigenvalue weighted by atomic mass is 16.6. The van der Waals surface area contributed by atoms with Gasteiger partial charge in [-0.2, -0.15) is 0 Å². The van der Waals surface area contributed by atoms with E-state index in [-0.39, 0.29) is 13.2 Å². The van der Waals surface area contributed by atoms with Gasteiger partial charge in [0.25, 0.3) is 0 Å². The van der Waals surface area contributed by atoms with Crippen molar-refractivity contribution in [3.05, 3.63) is 35.9 Å². The molecule has 2 rings (SSSR count). The van der Waals surface area contributed by atoms with E-state index >= 15 is 0 Å². The largest absolute Gasteiger partial charge is 0.394 e. The van der Waals surface area contributed by atoms with Crippen molar-refractivity contribution in [1.29, 1.82) is 0 Å². The third kappa shape index (κ3) is 4.71. The van der Waals surface area contributed by atoms with Crippen molar-refractivity contribution in [2.45, 2.75) is 37.3 Å². The Labute approximate surface area is 133 Å². The van der Waals surface area contributed by atoms with Crippen molar-refractivity contribution < 1.29 is 34.7 Å². The highest BCUT2D eigenvalue weighted by Crippen LogP contribution is 2.19. The average Bonchev–Trinajstić information content (AvgIpc) is 2.56. The van der Waals surface area contributed by atoms with Crippen molar-refractivity contribution in [3.63, 3.8) is 0 Å². The molecule has 1 saturated heterocycles. The molecule has 128 valence electrons. The molecule has 1 amide bonds. The Morgan fingerprint density at radius 1 is 1.17 bits per heavy atom. The minimum Gasteiger partial charge on any atom is -0.394 e. The Morgan fingerprint density at radius 2 is 1.87 bits per heavy atom. The van der Waals surface area contributed by atoms with Crippen molar-refractivity contribution >= 4 is 5.91 Å². The Hall–Kier alpha value is -1.55. The molecule has 3 unspecified atom stereocenters. The van der Waals surface area contributed by atoms with Crippen molar-refractivity contribution in [1.82, 2.24) is 5.32 Å². The maximum absolute atomic E-state index is 11.8. The van der Waals surface area contributed by atoms with Gasteiger partial charge in [-0.05, 0) is 5.56 Å². The molecule has 1 heterocycles. The summed E-state index contributed by atoms with van der Waals surface area (Å²) in [5.74, 6) is -0.567. The summed E-state index contributed by atoms with van der Waals surface area (Å²) in [6.45, 7) is -0.587. The number of ether oxygens (including phenoxy) is 2. The van der Waals surface area contributed by atoms with Gasteiger partial charge in [0.1, 0.15) is 31.0 Å². The third-order valence-corrected chi connectivity index (χ3v) is 3.57. The summed E-state index contributed by atoms with van der Waals surface area (Å²) in [5.41, 5.74) is 0.905. The van der Waals surface area contributed by atoms with E-state index in [1.165, 1.54) is 0 Å². The first kappa shape index (κ1) is 17.8. The van der Waals surface area contributed by atoms with Gasteiger partial charge in [-0.25, -0.2) is 0 Å². The molecule has 8 nitrogen and oxygen atoms in total. The number of benzene rings is 1. The number of carbonyl (C=O) groups excluding carboxylic acids is 1. The third-order valence-electron chi connectivity index (χ3n) is 3.57. The van der Waals surface area contributed by atoms with Gasteiger partial charge in [-0.3, -0.25) is 4.79 Å². The topological polar surface area (TPSA) is 128 Å². The van der Waals surface area contributed by atoms with Crippen molar-refractivity contribution in [2.24, 2.45) is 0 Å². The summed E-state index contributed by atoms with van der Waals surface area (Å²) >= 11 is 0. The average molecular weight is 327 g/mol. The molecule has 0 saturated carbocycles. The molecule has 0 aromatic heterocycles. The van der Waals surface area contributed by atoms with Gasteiger partial charge in [0.2, 0.25) is 5.91 Å². The highest BCUT2D eigenvalue weighted by molar-refractivity contribution is 5.77. The summed E-state index contributed by atoms with van der Waals surface area (Å²) in [7, 11) is 0. The summed E-state index contributed by atoms with van der Waals surface area (Å²) in [5, 5.41) is 40.7. The van der Waals surface area contributed by atoms with E-state index in [4.69, 9.17) is 14.6 Å².